The van der Waals surface area contributed by atoms with Gasteiger partial charge in [-0.05, 0) is 69.9 Å². The van der Waals surface area contributed by atoms with Crippen molar-refractivity contribution < 1.29 is 38.1 Å². The fraction of sp³-hybridized carbons (Fsp3) is 0.429. The van der Waals surface area contributed by atoms with Crippen molar-refractivity contribution in [1.82, 2.24) is 5.32 Å². The number of hydrogen-bond acceptors (Lipinski definition) is 9. The third-order valence-electron chi connectivity index (χ3n) is 6.64. The second-order valence-corrected chi connectivity index (χ2v) is 10.8. The van der Waals surface area contributed by atoms with Crippen molar-refractivity contribution in [3.8, 4) is 17.2 Å². The predicted molar refractivity (Wildman–Crippen MR) is 141 cm³/mol. The van der Waals surface area contributed by atoms with E-state index in [2.05, 4.69) is 5.32 Å². The molecule has 9 nitrogen and oxygen atoms in total. The molecule has 0 radical (unpaired) electrons. The minimum atomic E-state index is -0.890. The van der Waals surface area contributed by atoms with Crippen LogP contribution in [0.5, 0.6) is 17.2 Å². The SMILES string of the molecule is CCOC(=O)COc1c(C)c(C)c2c(c1C)C(=O)CC(C)(COc1ccc(CC3SC(=O)NC3=O)cc1)O2. The van der Waals surface area contributed by atoms with E-state index in [1.165, 1.54) is 0 Å². The molecule has 2 amide bonds. The topological polar surface area (TPSA) is 117 Å². The summed E-state index contributed by atoms with van der Waals surface area (Å²) < 4.78 is 23.1. The number of nitrogens with one attached hydrogen (secondary N) is 1. The van der Waals surface area contributed by atoms with Crippen molar-refractivity contribution in [2.24, 2.45) is 0 Å². The lowest BCUT2D eigenvalue weighted by Crippen LogP contribution is -2.45. The molecule has 0 aromatic heterocycles. The van der Waals surface area contributed by atoms with E-state index < -0.39 is 16.8 Å². The van der Waals surface area contributed by atoms with Crippen molar-refractivity contribution in [1.29, 1.82) is 0 Å². The number of rotatable bonds is 9. The van der Waals surface area contributed by atoms with Gasteiger partial charge < -0.3 is 18.9 Å². The minimum Gasteiger partial charge on any atom is -0.489 e. The fourth-order valence-electron chi connectivity index (χ4n) is 4.60. The van der Waals surface area contributed by atoms with Crippen LogP contribution in [-0.2, 0) is 20.7 Å². The molecular formula is C28H31NO8S. The molecule has 0 aliphatic carbocycles. The molecule has 2 aliphatic rings. The van der Waals surface area contributed by atoms with Gasteiger partial charge in [0.1, 0.15) is 29.5 Å². The number of amides is 2. The maximum absolute atomic E-state index is 13.3. The highest BCUT2D eigenvalue weighted by Crippen LogP contribution is 2.44. The van der Waals surface area contributed by atoms with Gasteiger partial charge in [-0.15, -0.1) is 0 Å². The summed E-state index contributed by atoms with van der Waals surface area (Å²) in [4.78, 5) is 48.3. The number of carbonyl (C=O) groups excluding carboxylic acids is 4. The van der Waals surface area contributed by atoms with Gasteiger partial charge in [-0.1, -0.05) is 23.9 Å². The molecule has 1 saturated heterocycles. The highest BCUT2D eigenvalue weighted by Gasteiger charge is 2.40. The number of ether oxygens (including phenoxy) is 4. The summed E-state index contributed by atoms with van der Waals surface area (Å²) >= 11 is 0.998. The highest BCUT2D eigenvalue weighted by molar-refractivity contribution is 8.15. The molecule has 2 aromatic carbocycles. The highest BCUT2D eigenvalue weighted by atomic mass is 32.2. The van der Waals surface area contributed by atoms with Crippen LogP contribution >= 0.6 is 11.8 Å². The summed E-state index contributed by atoms with van der Waals surface area (Å²) in [6.07, 6.45) is 0.554. The summed E-state index contributed by atoms with van der Waals surface area (Å²) in [6.45, 7) is 9.25. The van der Waals surface area contributed by atoms with E-state index in [0.29, 0.717) is 34.8 Å². The number of fused-ring (bicyclic) bond motifs is 1. The lowest BCUT2D eigenvalue weighted by Gasteiger charge is -2.37. The maximum Gasteiger partial charge on any atom is 0.344 e. The minimum absolute atomic E-state index is 0.0869. The molecule has 202 valence electrons. The first kappa shape index (κ1) is 27.5. The summed E-state index contributed by atoms with van der Waals surface area (Å²) in [6, 6.07) is 7.29. The van der Waals surface area contributed by atoms with Crippen LogP contribution < -0.4 is 19.5 Å². The van der Waals surface area contributed by atoms with E-state index in [1.807, 2.05) is 32.9 Å². The Kier molecular flexibility index (Phi) is 8.01. The Labute approximate surface area is 225 Å². The second kappa shape index (κ2) is 11.1. The molecule has 0 spiro atoms. The third kappa shape index (κ3) is 5.80. The van der Waals surface area contributed by atoms with Crippen LogP contribution in [0.15, 0.2) is 24.3 Å². The Morgan fingerprint density at radius 3 is 2.42 bits per heavy atom. The third-order valence-corrected chi connectivity index (χ3v) is 7.62. The van der Waals surface area contributed by atoms with Crippen LogP contribution in [-0.4, -0.2) is 53.6 Å². The molecule has 2 heterocycles. The van der Waals surface area contributed by atoms with E-state index in [-0.39, 0.29) is 43.2 Å². The van der Waals surface area contributed by atoms with Gasteiger partial charge in [-0.3, -0.25) is 19.7 Å². The molecular weight excluding hydrogens is 510 g/mol. The molecule has 2 unspecified atom stereocenters. The first-order valence-electron chi connectivity index (χ1n) is 12.4. The first-order valence-corrected chi connectivity index (χ1v) is 13.3. The lowest BCUT2D eigenvalue weighted by atomic mass is 9.86. The zero-order valence-electron chi connectivity index (χ0n) is 22.1. The monoisotopic (exact) mass is 541 g/mol. The molecule has 1 fully saturated rings. The van der Waals surface area contributed by atoms with Gasteiger partial charge in [0.25, 0.3) is 5.24 Å². The van der Waals surface area contributed by atoms with E-state index in [1.54, 1.807) is 26.0 Å². The van der Waals surface area contributed by atoms with E-state index in [4.69, 9.17) is 18.9 Å². The van der Waals surface area contributed by atoms with Crippen LogP contribution in [0.1, 0.15) is 52.9 Å². The van der Waals surface area contributed by atoms with Gasteiger partial charge in [0.15, 0.2) is 12.4 Å². The molecule has 2 aromatic rings. The molecule has 0 saturated carbocycles. The lowest BCUT2D eigenvalue weighted by molar-refractivity contribution is -0.145. The molecule has 2 atom stereocenters. The van der Waals surface area contributed by atoms with Gasteiger partial charge >= 0.3 is 5.97 Å². The normalized spacial score (nSPS) is 20.4. The molecule has 0 bridgehead atoms. The Hall–Kier alpha value is -3.53. The molecule has 10 heteroatoms. The average molecular weight is 542 g/mol. The van der Waals surface area contributed by atoms with Crippen LogP contribution in [0.4, 0.5) is 4.79 Å². The molecule has 38 heavy (non-hydrogen) atoms. The van der Waals surface area contributed by atoms with Gasteiger partial charge in [0, 0.05) is 5.56 Å². The van der Waals surface area contributed by atoms with Crippen LogP contribution in [0.25, 0.3) is 0 Å². The van der Waals surface area contributed by atoms with Crippen LogP contribution in [0.3, 0.4) is 0 Å². The zero-order valence-corrected chi connectivity index (χ0v) is 22.9. The Morgan fingerprint density at radius 2 is 1.79 bits per heavy atom. The quantitative estimate of drug-likeness (QED) is 0.465. The standard InChI is InChI=1S/C28H31NO8S/c1-6-34-22(31)13-35-24-15(2)16(3)25-23(17(24)4)20(30)12-28(5,37-25)14-36-19-9-7-18(8-10-19)11-21-26(32)29-27(33)38-21/h7-10,21H,6,11-14H2,1-5H3,(H,29,32,33). The fourth-order valence-corrected chi connectivity index (χ4v) is 5.46. The Morgan fingerprint density at radius 1 is 1.08 bits per heavy atom. The molecule has 4 rings (SSSR count). The van der Waals surface area contributed by atoms with Crippen molar-refractivity contribution in [3.63, 3.8) is 0 Å². The summed E-state index contributed by atoms with van der Waals surface area (Å²) in [5.41, 5.74) is 2.66. The summed E-state index contributed by atoms with van der Waals surface area (Å²) in [7, 11) is 0. The maximum atomic E-state index is 13.3. The summed E-state index contributed by atoms with van der Waals surface area (Å²) in [5, 5.41) is 1.54. The van der Waals surface area contributed by atoms with E-state index >= 15 is 0 Å². The number of esters is 1. The number of hydrogen-bond donors (Lipinski definition) is 1. The number of Topliss-reactive ketones (excluding diaryl/α,β-unsaturated/α-hetero) is 1. The van der Waals surface area contributed by atoms with Crippen molar-refractivity contribution in [2.45, 2.75) is 58.3 Å². The van der Waals surface area contributed by atoms with Gasteiger partial charge in [0.2, 0.25) is 5.91 Å². The van der Waals surface area contributed by atoms with Crippen molar-refractivity contribution in [2.75, 3.05) is 19.8 Å². The average Bonchev–Trinajstić information content (AvgIpc) is 3.18. The number of carbonyl (C=O) groups is 4. The largest absolute Gasteiger partial charge is 0.489 e. The smallest absolute Gasteiger partial charge is 0.344 e. The number of thioether (sulfide) groups is 1. The number of ketones is 1. The second-order valence-electron chi connectivity index (χ2n) is 9.67. The molecule has 2 aliphatic heterocycles. The number of imide groups is 1. The number of benzene rings is 2. The zero-order chi connectivity index (χ0) is 27.6. The van der Waals surface area contributed by atoms with Crippen LogP contribution in [0, 0.1) is 20.8 Å². The van der Waals surface area contributed by atoms with Crippen LogP contribution in [0.2, 0.25) is 0 Å². The predicted octanol–water partition coefficient (Wildman–Crippen LogP) is 4.25. The Balaban J connectivity index is 1.44. The van der Waals surface area contributed by atoms with Gasteiger partial charge in [0.05, 0.1) is 23.8 Å². The summed E-state index contributed by atoms with van der Waals surface area (Å²) in [5.74, 6) is 0.762. The van der Waals surface area contributed by atoms with Gasteiger partial charge in [-0.2, -0.15) is 0 Å². The Bertz CT molecular complexity index is 1290. The van der Waals surface area contributed by atoms with Crippen molar-refractivity contribution in [3.05, 3.63) is 52.1 Å². The molecule has 1 N–H and O–H groups in total. The van der Waals surface area contributed by atoms with Gasteiger partial charge in [-0.25, -0.2) is 4.79 Å². The first-order chi connectivity index (χ1) is 18.0. The van der Waals surface area contributed by atoms with E-state index in [9.17, 15) is 19.2 Å². The van der Waals surface area contributed by atoms with Crippen molar-refractivity contribution >= 4 is 34.7 Å². The van der Waals surface area contributed by atoms with E-state index in [0.717, 1.165) is 28.5 Å².